The summed E-state index contributed by atoms with van der Waals surface area (Å²) < 4.78 is 13.9. The highest BCUT2D eigenvalue weighted by atomic mass is 16.7. The van der Waals surface area contributed by atoms with E-state index in [0.29, 0.717) is 0 Å². The van der Waals surface area contributed by atoms with Crippen molar-refractivity contribution >= 4 is 12.7 Å². The monoisotopic (exact) mass is 248 g/mol. The second kappa shape index (κ2) is 4.25. The van der Waals surface area contributed by atoms with Gasteiger partial charge in [-0.1, -0.05) is 0 Å². The lowest BCUT2D eigenvalue weighted by molar-refractivity contribution is 0.00578. The molecule has 2 rings (SSSR count). The molecule has 0 N–H and O–H groups in total. The second-order valence-electron chi connectivity index (χ2n) is 5.84. The van der Waals surface area contributed by atoms with Gasteiger partial charge in [0.15, 0.2) is 0 Å². The summed E-state index contributed by atoms with van der Waals surface area (Å²) in [6.45, 7) is 10.2. The van der Waals surface area contributed by atoms with Crippen molar-refractivity contribution in [3.63, 3.8) is 0 Å². The molecule has 0 unspecified atom stereocenters. The lowest BCUT2D eigenvalue weighted by atomic mass is 9.87. The van der Waals surface area contributed by atoms with Crippen LogP contribution in [0.2, 0.25) is 0 Å². The van der Waals surface area contributed by atoms with E-state index in [1.807, 2.05) is 30.7 Å². The molecule has 18 heavy (non-hydrogen) atoms. The van der Waals surface area contributed by atoms with Crippen LogP contribution >= 0.6 is 0 Å². The lowest BCUT2D eigenvalue weighted by Gasteiger charge is -2.32. The van der Waals surface area contributed by atoms with Crippen molar-refractivity contribution in [1.29, 1.82) is 0 Å². The van der Waals surface area contributed by atoms with Gasteiger partial charge in [0.1, 0.15) is 5.82 Å². The van der Waals surface area contributed by atoms with Crippen LogP contribution in [0.25, 0.3) is 5.57 Å². The third kappa shape index (κ3) is 2.25. The van der Waals surface area contributed by atoms with Gasteiger partial charge in [-0.25, -0.2) is 4.98 Å². The van der Waals surface area contributed by atoms with Crippen LogP contribution in [0.15, 0.2) is 18.4 Å². The number of hydrogen-bond donors (Lipinski definition) is 0. The Morgan fingerprint density at radius 1 is 1.28 bits per heavy atom. The first-order valence-electron chi connectivity index (χ1n) is 6.25. The summed E-state index contributed by atoms with van der Waals surface area (Å²) >= 11 is 0. The predicted molar refractivity (Wildman–Crippen MR) is 72.9 cm³/mol. The maximum Gasteiger partial charge on any atom is 0.487 e. The minimum atomic E-state index is -0.313. The summed E-state index contributed by atoms with van der Waals surface area (Å²) in [6, 6.07) is 0. The molecule has 1 fully saturated rings. The van der Waals surface area contributed by atoms with E-state index < -0.39 is 0 Å². The molecule has 98 valence electrons. The number of allylic oxidation sites excluding steroid dienone is 1. The van der Waals surface area contributed by atoms with Crippen LogP contribution in [0.4, 0.5) is 0 Å². The van der Waals surface area contributed by atoms with Gasteiger partial charge in [-0.05, 0) is 46.2 Å². The number of rotatable bonds is 2. The standard InChI is InChI=1S/C13H21BN2O2/c1-10(11-15-7-8-16(11)6)9-14-17-12(2,3)13(4,5)18-14/h7-9H,1-6H3/b10-9-. The van der Waals surface area contributed by atoms with E-state index in [1.54, 1.807) is 6.20 Å². The summed E-state index contributed by atoms with van der Waals surface area (Å²) in [5.41, 5.74) is 0.465. The van der Waals surface area contributed by atoms with E-state index in [1.165, 1.54) is 0 Å². The first-order chi connectivity index (χ1) is 8.23. The maximum atomic E-state index is 5.94. The van der Waals surface area contributed by atoms with E-state index in [2.05, 4.69) is 32.7 Å². The Bertz CT molecular complexity index is 461. The third-order valence-corrected chi connectivity index (χ3v) is 3.83. The minimum absolute atomic E-state index is 0.296. The molecule has 1 aliphatic rings. The summed E-state index contributed by atoms with van der Waals surface area (Å²) in [5.74, 6) is 2.92. The van der Waals surface area contributed by atoms with E-state index in [9.17, 15) is 0 Å². The highest BCUT2D eigenvalue weighted by molar-refractivity contribution is 6.53. The Kier molecular flexibility index (Phi) is 3.15. The third-order valence-electron chi connectivity index (χ3n) is 3.83. The molecule has 2 heterocycles. The Balaban J connectivity index is 2.19. The molecular weight excluding hydrogens is 227 g/mol. The fraction of sp³-hybridized carbons (Fsp3) is 0.615. The summed E-state index contributed by atoms with van der Waals surface area (Å²) in [7, 11) is 1.66. The molecule has 0 atom stereocenters. The van der Waals surface area contributed by atoms with Gasteiger partial charge in [-0.3, -0.25) is 0 Å². The first kappa shape index (κ1) is 13.4. The SMILES string of the molecule is C/C(=C/B1OC(C)(C)C(C)(C)O1)c1nccn1C. The molecule has 0 amide bonds. The number of hydrogen-bond acceptors (Lipinski definition) is 3. The smallest absolute Gasteiger partial charge is 0.400 e. The zero-order chi connectivity index (χ0) is 13.6. The summed E-state index contributed by atoms with van der Waals surface area (Å²) in [6.07, 6.45) is 3.72. The van der Waals surface area contributed by atoms with Crippen LogP contribution in [0.1, 0.15) is 40.4 Å². The van der Waals surface area contributed by atoms with E-state index in [4.69, 9.17) is 9.31 Å². The largest absolute Gasteiger partial charge is 0.487 e. The molecule has 1 saturated heterocycles. The molecule has 0 saturated carbocycles. The molecule has 0 radical (unpaired) electrons. The van der Waals surface area contributed by atoms with Gasteiger partial charge in [-0.15, -0.1) is 0 Å². The van der Waals surface area contributed by atoms with Crippen molar-refractivity contribution in [2.24, 2.45) is 7.05 Å². The highest BCUT2D eigenvalue weighted by Crippen LogP contribution is 2.37. The van der Waals surface area contributed by atoms with Gasteiger partial charge in [0.2, 0.25) is 0 Å². The topological polar surface area (TPSA) is 36.3 Å². The molecule has 1 aromatic rings. The normalized spacial score (nSPS) is 22.6. The average Bonchev–Trinajstić information content (AvgIpc) is 2.69. The van der Waals surface area contributed by atoms with E-state index in [0.717, 1.165) is 11.4 Å². The van der Waals surface area contributed by atoms with Crippen LogP contribution in [0.5, 0.6) is 0 Å². The van der Waals surface area contributed by atoms with Crippen molar-refractivity contribution in [2.45, 2.75) is 45.8 Å². The van der Waals surface area contributed by atoms with E-state index >= 15 is 0 Å². The van der Waals surface area contributed by atoms with Gasteiger partial charge in [0.25, 0.3) is 0 Å². The highest BCUT2D eigenvalue weighted by Gasteiger charge is 2.50. The van der Waals surface area contributed by atoms with Gasteiger partial charge in [-0.2, -0.15) is 0 Å². The van der Waals surface area contributed by atoms with Crippen LogP contribution in [-0.4, -0.2) is 27.9 Å². The van der Waals surface area contributed by atoms with Crippen molar-refractivity contribution in [3.05, 3.63) is 24.2 Å². The minimum Gasteiger partial charge on any atom is -0.400 e. The van der Waals surface area contributed by atoms with Gasteiger partial charge in [0.05, 0.1) is 11.2 Å². The molecular formula is C13H21BN2O2. The number of imidazole rings is 1. The van der Waals surface area contributed by atoms with Crippen molar-refractivity contribution in [2.75, 3.05) is 0 Å². The molecule has 4 nitrogen and oxygen atoms in total. The number of aromatic nitrogens is 2. The summed E-state index contributed by atoms with van der Waals surface area (Å²) in [4.78, 5) is 4.31. The Morgan fingerprint density at radius 2 is 1.83 bits per heavy atom. The molecule has 0 bridgehead atoms. The molecule has 1 aromatic heterocycles. The average molecular weight is 248 g/mol. The number of aryl methyl sites for hydroxylation is 1. The van der Waals surface area contributed by atoms with Crippen LogP contribution in [0, 0.1) is 0 Å². The van der Waals surface area contributed by atoms with Crippen LogP contribution < -0.4 is 0 Å². The van der Waals surface area contributed by atoms with Crippen molar-refractivity contribution in [1.82, 2.24) is 9.55 Å². The van der Waals surface area contributed by atoms with E-state index in [-0.39, 0.29) is 18.3 Å². The maximum absolute atomic E-state index is 5.94. The molecule has 5 heteroatoms. The van der Waals surface area contributed by atoms with Crippen LogP contribution in [-0.2, 0) is 16.4 Å². The first-order valence-corrected chi connectivity index (χ1v) is 6.25. The summed E-state index contributed by atoms with van der Waals surface area (Å²) in [5, 5.41) is 0. The van der Waals surface area contributed by atoms with Crippen LogP contribution in [0.3, 0.4) is 0 Å². The zero-order valence-corrected chi connectivity index (χ0v) is 12.0. The van der Waals surface area contributed by atoms with Gasteiger partial charge in [0, 0.05) is 19.4 Å². The molecule has 0 spiro atoms. The van der Waals surface area contributed by atoms with Gasteiger partial charge >= 0.3 is 7.12 Å². The van der Waals surface area contributed by atoms with Crippen molar-refractivity contribution in [3.8, 4) is 0 Å². The Hall–Kier alpha value is -1.07. The molecule has 0 aromatic carbocycles. The number of nitrogens with zero attached hydrogens (tertiary/aromatic N) is 2. The van der Waals surface area contributed by atoms with Crippen molar-refractivity contribution < 1.29 is 9.31 Å². The fourth-order valence-electron chi connectivity index (χ4n) is 1.98. The second-order valence-corrected chi connectivity index (χ2v) is 5.84. The zero-order valence-electron chi connectivity index (χ0n) is 12.0. The Labute approximate surface area is 109 Å². The molecule has 0 aliphatic carbocycles. The lowest BCUT2D eigenvalue weighted by Crippen LogP contribution is -2.41. The fourth-order valence-corrected chi connectivity index (χ4v) is 1.98. The molecule has 1 aliphatic heterocycles. The quantitative estimate of drug-likeness (QED) is 0.754. The Morgan fingerprint density at radius 3 is 2.28 bits per heavy atom. The van der Waals surface area contributed by atoms with Gasteiger partial charge < -0.3 is 13.9 Å². The predicted octanol–water partition coefficient (Wildman–Crippen LogP) is 2.45.